The van der Waals surface area contributed by atoms with E-state index in [-0.39, 0.29) is 12.1 Å². The summed E-state index contributed by atoms with van der Waals surface area (Å²) in [6, 6.07) is 0. The maximum Gasteiger partial charge on any atom is 0.326 e. The van der Waals surface area contributed by atoms with Crippen LogP contribution in [-0.2, 0) is 9.53 Å². The Kier molecular flexibility index (Phi) is 2.15. The van der Waals surface area contributed by atoms with Crippen LogP contribution >= 0.6 is 0 Å². The molecule has 0 saturated heterocycles. The van der Waals surface area contributed by atoms with Crippen molar-refractivity contribution < 1.29 is 14.6 Å². The molecule has 0 amide bonds. The van der Waals surface area contributed by atoms with E-state index >= 15 is 0 Å². The second-order valence-electron chi connectivity index (χ2n) is 2.89. The van der Waals surface area contributed by atoms with Gasteiger partial charge < -0.3 is 15.2 Å². The molecule has 2 N–H and O–H groups in total. The Morgan fingerprint density at radius 1 is 1.73 bits per heavy atom. The van der Waals surface area contributed by atoms with Crippen LogP contribution in [0.3, 0.4) is 0 Å². The van der Waals surface area contributed by atoms with Gasteiger partial charge in [0.1, 0.15) is 5.54 Å². The van der Waals surface area contributed by atoms with Gasteiger partial charge in [0.2, 0.25) is 0 Å². The lowest BCUT2D eigenvalue weighted by atomic mass is 9.74. The van der Waals surface area contributed by atoms with Crippen LogP contribution in [0, 0.1) is 0 Å². The van der Waals surface area contributed by atoms with E-state index in [0.717, 1.165) is 0 Å². The Balaban J connectivity index is 2.57. The van der Waals surface area contributed by atoms with Crippen molar-refractivity contribution in [3.63, 3.8) is 0 Å². The molecule has 0 heterocycles. The Morgan fingerprint density at radius 3 is 2.55 bits per heavy atom. The third kappa shape index (κ3) is 1.23. The van der Waals surface area contributed by atoms with Crippen molar-refractivity contribution in [3.8, 4) is 0 Å². The lowest BCUT2D eigenvalue weighted by Crippen LogP contribution is -2.62. The number of carbonyl (C=O) groups excluding carboxylic acids is 1. The lowest BCUT2D eigenvalue weighted by molar-refractivity contribution is -0.158. The lowest BCUT2D eigenvalue weighted by Gasteiger charge is -2.42. The van der Waals surface area contributed by atoms with Gasteiger partial charge in [-0.1, -0.05) is 0 Å². The van der Waals surface area contributed by atoms with Crippen molar-refractivity contribution in [1.29, 1.82) is 0 Å². The quantitative estimate of drug-likeness (QED) is 0.522. The summed E-state index contributed by atoms with van der Waals surface area (Å²) >= 11 is 0. The van der Waals surface area contributed by atoms with Crippen molar-refractivity contribution in [1.82, 2.24) is 5.32 Å². The molecule has 1 aliphatic rings. The third-order valence-electron chi connectivity index (χ3n) is 2.22. The molecule has 0 aromatic heterocycles. The molecule has 64 valence electrons. The number of nitrogens with one attached hydrogen (secondary N) is 1. The SMILES string of the molecule is CN[C@]1(C(=O)OC)C[C@H](O)C1. The summed E-state index contributed by atoms with van der Waals surface area (Å²) in [4.78, 5) is 11.1. The van der Waals surface area contributed by atoms with Gasteiger partial charge in [-0.3, -0.25) is 4.79 Å². The predicted octanol–water partition coefficient (Wildman–Crippen LogP) is -0.728. The van der Waals surface area contributed by atoms with Crippen LogP contribution in [-0.4, -0.2) is 36.9 Å². The zero-order chi connectivity index (χ0) is 8.48. The number of methoxy groups -OCH3 is 1. The fourth-order valence-electron chi connectivity index (χ4n) is 1.41. The molecule has 0 atom stereocenters. The largest absolute Gasteiger partial charge is 0.468 e. The summed E-state index contributed by atoms with van der Waals surface area (Å²) in [6.07, 6.45) is 0.549. The molecule has 0 aromatic rings. The minimum atomic E-state index is -0.617. The fourth-order valence-corrected chi connectivity index (χ4v) is 1.41. The first-order chi connectivity index (χ1) is 5.14. The highest BCUT2D eigenvalue weighted by Gasteiger charge is 2.49. The number of ether oxygens (including phenoxy) is 1. The summed E-state index contributed by atoms with van der Waals surface area (Å²) < 4.78 is 4.58. The average Bonchev–Trinajstić information content (AvgIpc) is 1.96. The van der Waals surface area contributed by atoms with Crippen LogP contribution in [0.4, 0.5) is 0 Å². The number of aliphatic hydroxyl groups excluding tert-OH is 1. The van der Waals surface area contributed by atoms with Crippen molar-refractivity contribution >= 4 is 5.97 Å². The predicted molar refractivity (Wildman–Crippen MR) is 39.0 cm³/mol. The zero-order valence-electron chi connectivity index (χ0n) is 6.76. The molecule has 4 nitrogen and oxygen atoms in total. The monoisotopic (exact) mass is 159 g/mol. The van der Waals surface area contributed by atoms with E-state index in [4.69, 9.17) is 5.11 Å². The standard InChI is InChI=1S/C7H13NO3/c1-8-7(6(10)11-2)3-5(9)4-7/h5,8-9H,3-4H2,1-2H3/t5-,7+. The van der Waals surface area contributed by atoms with Crippen molar-refractivity contribution in [2.24, 2.45) is 0 Å². The Morgan fingerprint density at radius 2 is 2.27 bits per heavy atom. The summed E-state index contributed by atoms with van der Waals surface area (Å²) in [5.41, 5.74) is -0.617. The van der Waals surface area contributed by atoms with Gasteiger partial charge in [-0.2, -0.15) is 0 Å². The van der Waals surface area contributed by atoms with Crippen molar-refractivity contribution in [3.05, 3.63) is 0 Å². The molecular formula is C7H13NO3. The van der Waals surface area contributed by atoms with Crippen LogP contribution in [0.2, 0.25) is 0 Å². The Hall–Kier alpha value is -0.610. The van der Waals surface area contributed by atoms with E-state index in [2.05, 4.69) is 10.1 Å². The van der Waals surface area contributed by atoms with Gasteiger partial charge in [0, 0.05) is 12.8 Å². The number of hydrogen-bond donors (Lipinski definition) is 2. The number of esters is 1. The molecule has 11 heavy (non-hydrogen) atoms. The second-order valence-corrected chi connectivity index (χ2v) is 2.89. The van der Waals surface area contributed by atoms with Crippen LogP contribution in [0.5, 0.6) is 0 Å². The van der Waals surface area contributed by atoms with E-state index in [1.54, 1.807) is 7.05 Å². The number of aliphatic hydroxyl groups is 1. The zero-order valence-corrected chi connectivity index (χ0v) is 6.76. The summed E-state index contributed by atoms with van der Waals surface area (Å²) in [6.45, 7) is 0. The van der Waals surface area contributed by atoms with E-state index in [1.807, 2.05) is 0 Å². The molecule has 1 fully saturated rings. The van der Waals surface area contributed by atoms with Gasteiger partial charge in [0.05, 0.1) is 13.2 Å². The molecule has 0 aromatic carbocycles. The maximum absolute atomic E-state index is 11.1. The molecule has 1 saturated carbocycles. The molecular weight excluding hydrogens is 146 g/mol. The van der Waals surface area contributed by atoms with E-state index in [9.17, 15) is 4.79 Å². The van der Waals surface area contributed by atoms with Gasteiger partial charge in [0.25, 0.3) is 0 Å². The minimum absolute atomic E-state index is 0.287. The van der Waals surface area contributed by atoms with Crippen LogP contribution in [0.1, 0.15) is 12.8 Å². The molecule has 0 bridgehead atoms. The molecule has 4 heteroatoms. The first-order valence-electron chi connectivity index (χ1n) is 3.60. The molecule has 0 radical (unpaired) electrons. The van der Waals surface area contributed by atoms with Crippen LogP contribution in [0.15, 0.2) is 0 Å². The molecule has 0 aliphatic heterocycles. The van der Waals surface area contributed by atoms with E-state index in [1.165, 1.54) is 7.11 Å². The Labute approximate surface area is 65.5 Å². The first kappa shape index (κ1) is 8.49. The van der Waals surface area contributed by atoms with Gasteiger partial charge in [0.15, 0.2) is 0 Å². The highest BCUT2D eigenvalue weighted by atomic mass is 16.5. The molecule has 0 unspecified atom stereocenters. The topological polar surface area (TPSA) is 58.6 Å². The van der Waals surface area contributed by atoms with Gasteiger partial charge in [-0.25, -0.2) is 0 Å². The van der Waals surface area contributed by atoms with Crippen LogP contribution in [0.25, 0.3) is 0 Å². The normalized spacial score (nSPS) is 36.1. The van der Waals surface area contributed by atoms with Gasteiger partial charge in [-0.15, -0.1) is 0 Å². The summed E-state index contributed by atoms with van der Waals surface area (Å²) in [5, 5.41) is 11.9. The smallest absolute Gasteiger partial charge is 0.326 e. The second kappa shape index (κ2) is 2.79. The number of hydrogen-bond acceptors (Lipinski definition) is 4. The third-order valence-corrected chi connectivity index (χ3v) is 2.22. The minimum Gasteiger partial charge on any atom is -0.468 e. The number of rotatable bonds is 2. The summed E-state index contributed by atoms with van der Waals surface area (Å²) in [7, 11) is 3.05. The molecule has 1 rings (SSSR count). The van der Waals surface area contributed by atoms with Gasteiger partial charge in [-0.05, 0) is 7.05 Å². The summed E-state index contributed by atoms with van der Waals surface area (Å²) in [5.74, 6) is -0.287. The van der Waals surface area contributed by atoms with Crippen LogP contribution < -0.4 is 5.32 Å². The molecule has 1 aliphatic carbocycles. The number of carbonyl (C=O) groups is 1. The molecule has 0 spiro atoms. The van der Waals surface area contributed by atoms with Crippen molar-refractivity contribution in [2.45, 2.75) is 24.5 Å². The van der Waals surface area contributed by atoms with E-state index in [0.29, 0.717) is 12.8 Å². The highest BCUT2D eigenvalue weighted by Crippen LogP contribution is 2.32. The van der Waals surface area contributed by atoms with Gasteiger partial charge >= 0.3 is 5.97 Å². The first-order valence-corrected chi connectivity index (χ1v) is 3.60. The number of likely N-dealkylation sites (N-methyl/N-ethyl adjacent to an activating group) is 1. The van der Waals surface area contributed by atoms with Crippen molar-refractivity contribution in [2.75, 3.05) is 14.2 Å². The van der Waals surface area contributed by atoms with E-state index < -0.39 is 5.54 Å². The maximum atomic E-state index is 11.1. The highest BCUT2D eigenvalue weighted by molar-refractivity contribution is 5.82. The Bertz CT molecular complexity index is 163. The average molecular weight is 159 g/mol. The fraction of sp³-hybridized carbons (Fsp3) is 0.857.